The van der Waals surface area contributed by atoms with Crippen LogP contribution in [0.4, 0.5) is 0 Å². The van der Waals surface area contributed by atoms with Crippen LogP contribution >= 0.6 is 0 Å². The zero-order valence-corrected chi connectivity index (χ0v) is 7.40. The Bertz CT molecular complexity index is 440. The molecule has 70 valence electrons. The number of nitrogens with zero attached hydrogens (tertiary/aromatic N) is 3. The predicted molar refractivity (Wildman–Crippen MR) is 49.8 cm³/mol. The Morgan fingerprint density at radius 2 is 2.43 bits per heavy atom. The van der Waals surface area contributed by atoms with Gasteiger partial charge in [-0.25, -0.2) is 0 Å². The number of hydrogen-bond acceptors (Lipinski definition) is 4. The summed E-state index contributed by atoms with van der Waals surface area (Å²) >= 11 is 0. The molecule has 1 N–H and O–H groups in total. The van der Waals surface area contributed by atoms with Crippen LogP contribution in [0.5, 0.6) is 0 Å². The lowest BCUT2D eigenvalue weighted by Gasteiger charge is -2.26. The molecular formula is C9H8N4O. The summed E-state index contributed by atoms with van der Waals surface area (Å²) in [5.41, 5.74) is 4.05. The summed E-state index contributed by atoms with van der Waals surface area (Å²) in [6.45, 7) is 1.45. The number of amides is 1. The van der Waals surface area contributed by atoms with Crippen molar-refractivity contribution in [1.82, 2.24) is 15.4 Å². The Morgan fingerprint density at radius 3 is 3.36 bits per heavy atom. The van der Waals surface area contributed by atoms with Crippen molar-refractivity contribution in [3.05, 3.63) is 29.6 Å². The van der Waals surface area contributed by atoms with E-state index in [4.69, 9.17) is 0 Å². The van der Waals surface area contributed by atoms with Crippen LogP contribution in [0.1, 0.15) is 16.1 Å². The van der Waals surface area contributed by atoms with E-state index in [2.05, 4.69) is 15.4 Å². The van der Waals surface area contributed by atoms with Crippen molar-refractivity contribution in [1.29, 1.82) is 0 Å². The second kappa shape index (κ2) is 2.54. The molecule has 0 radical (unpaired) electrons. The van der Waals surface area contributed by atoms with Crippen LogP contribution in [0.15, 0.2) is 23.3 Å². The van der Waals surface area contributed by atoms with Crippen molar-refractivity contribution in [2.75, 3.05) is 13.1 Å². The summed E-state index contributed by atoms with van der Waals surface area (Å²) in [4.78, 5) is 20.1. The first-order chi connectivity index (χ1) is 6.86. The minimum Gasteiger partial charge on any atom is -0.267 e. The first-order valence-corrected chi connectivity index (χ1v) is 4.44. The van der Waals surface area contributed by atoms with Gasteiger partial charge in [0.2, 0.25) is 0 Å². The van der Waals surface area contributed by atoms with Crippen LogP contribution in [-0.4, -0.2) is 34.8 Å². The first-order valence-electron chi connectivity index (χ1n) is 4.44. The zero-order chi connectivity index (χ0) is 9.54. The Kier molecular flexibility index (Phi) is 1.36. The van der Waals surface area contributed by atoms with Crippen molar-refractivity contribution in [2.45, 2.75) is 0 Å². The second-order valence-electron chi connectivity index (χ2n) is 3.20. The van der Waals surface area contributed by atoms with Gasteiger partial charge in [0, 0.05) is 6.20 Å². The van der Waals surface area contributed by atoms with Gasteiger partial charge in [0.05, 0.1) is 18.7 Å². The van der Waals surface area contributed by atoms with E-state index in [1.54, 1.807) is 23.3 Å². The third kappa shape index (κ3) is 0.863. The molecule has 0 aliphatic carbocycles. The molecule has 14 heavy (non-hydrogen) atoms. The highest BCUT2D eigenvalue weighted by Gasteiger charge is 2.30. The highest BCUT2D eigenvalue weighted by atomic mass is 16.2. The molecule has 0 spiro atoms. The van der Waals surface area contributed by atoms with Gasteiger partial charge in [-0.05, 0) is 12.1 Å². The number of carbonyl (C=O) groups excluding carboxylic acids is 1. The Labute approximate surface area is 80.4 Å². The number of aliphatic imine (C=N–C) groups is 1. The lowest BCUT2D eigenvalue weighted by atomic mass is 10.1. The lowest BCUT2D eigenvalue weighted by Crippen LogP contribution is -2.49. The number of fused-ring (bicyclic) bond motifs is 3. The van der Waals surface area contributed by atoms with Crippen LogP contribution in [0.2, 0.25) is 0 Å². The monoisotopic (exact) mass is 188 g/mol. The summed E-state index contributed by atoms with van der Waals surface area (Å²) in [7, 11) is 0. The van der Waals surface area contributed by atoms with Gasteiger partial charge in [0.25, 0.3) is 5.91 Å². The van der Waals surface area contributed by atoms with Crippen molar-refractivity contribution in [3.8, 4) is 0 Å². The predicted octanol–water partition coefficient (Wildman–Crippen LogP) is -0.198. The quantitative estimate of drug-likeness (QED) is 0.613. The molecule has 0 unspecified atom stereocenters. The van der Waals surface area contributed by atoms with Crippen LogP contribution in [0, 0.1) is 0 Å². The topological polar surface area (TPSA) is 57.6 Å². The summed E-state index contributed by atoms with van der Waals surface area (Å²) in [5, 5.41) is 1.75. The number of hydrogen-bond donors (Lipinski definition) is 1. The van der Waals surface area contributed by atoms with E-state index in [0.29, 0.717) is 17.8 Å². The van der Waals surface area contributed by atoms with Gasteiger partial charge >= 0.3 is 0 Å². The van der Waals surface area contributed by atoms with Crippen molar-refractivity contribution < 1.29 is 4.79 Å². The molecule has 0 saturated carbocycles. The molecule has 0 aromatic carbocycles. The maximum absolute atomic E-state index is 11.6. The number of rotatable bonds is 0. The SMILES string of the molecule is O=C1NN2CCN=C2c2ncccc21. The fourth-order valence-electron chi connectivity index (χ4n) is 1.71. The molecule has 5 heteroatoms. The van der Waals surface area contributed by atoms with Crippen LogP contribution in [0.25, 0.3) is 0 Å². The molecular weight excluding hydrogens is 180 g/mol. The van der Waals surface area contributed by atoms with Crippen LogP contribution < -0.4 is 5.43 Å². The zero-order valence-electron chi connectivity index (χ0n) is 7.40. The molecule has 3 rings (SSSR count). The normalized spacial score (nSPS) is 18.4. The van der Waals surface area contributed by atoms with Gasteiger partial charge in [-0.2, -0.15) is 0 Å². The smallest absolute Gasteiger partial charge is 0.267 e. The molecule has 2 aliphatic heterocycles. The third-order valence-corrected chi connectivity index (χ3v) is 2.34. The van der Waals surface area contributed by atoms with E-state index in [-0.39, 0.29) is 5.91 Å². The van der Waals surface area contributed by atoms with E-state index in [0.717, 1.165) is 12.4 Å². The third-order valence-electron chi connectivity index (χ3n) is 2.34. The Morgan fingerprint density at radius 1 is 1.50 bits per heavy atom. The number of carbonyl (C=O) groups is 1. The fourth-order valence-corrected chi connectivity index (χ4v) is 1.71. The van der Waals surface area contributed by atoms with Crippen LogP contribution in [-0.2, 0) is 0 Å². The van der Waals surface area contributed by atoms with Gasteiger partial charge in [-0.3, -0.25) is 25.2 Å². The van der Waals surface area contributed by atoms with E-state index in [1.165, 1.54) is 0 Å². The average Bonchev–Trinajstić information content (AvgIpc) is 2.66. The molecule has 0 atom stereocenters. The minimum absolute atomic E-state index is 0.103. The van der Waals surface area contributed by atoms with Crippen molar-refractivity contribution in [2.24, 2.45) is 4.99 Å². The molecule has 3 heterocycles. The maximum atomic E-state index is 11.6. The summed E-state index contributed by atoms with van der Waals surface area (Å²) in [6.07, 6.45) is 1.68. The lowest BCUT2D eigenvalue weighted by molar-refractivity contribution is 0.0867. The van der Waals surface area contributed by atoms with Gasteiger partial charge in [-0.1, -0.05) is 0 Å². The van der Waals surface area contributed by atoms with Gasteiger partial charge < -0.3 is 0 Å². The highest BCUT2D eigenvalue weighted by Crippen LogP contribution is 2.16. The van der Waals surface area contributed by atoms with Gasteiger partial charge in [0.1, 0.15) is 5.69 Å². The molecule has 1 aromatic heterocycles. The highest BCUT2D eigenvalue weighted by molar-refractivity contribution is 6.12. The van der Waals surface area contributed by atoms with E-state index in [9.17, 15) is 4.79 Å². The standard InChI is InChI=1S/C9H8N4O/c14-9-6-2-1-3-10-7(6)8-11-4-5-13(8)12-9/h1-3H,4-5H2,(H,12,14). The number of pyridine rings is 1. The van der Waals surface area contributed by atoms with Gasteiger partial charge in [-0.15, -0.1) is 0 Å². The number of nitrogens with one attached hydrogen (secondary N) is 1. The number of amidine groups is 1. The number of aromatic nitrogens is 1. The second-order valence-corrected chi connectivity index (χ2v) is 3.20. The molecule has 5 nitrogen and oxygen atoms in total. The summed E-state index contributed by atoms with van der Waals surface area (Å²) < 4.78 is 0. The average molecular weight is 188 g/mol. The molecule has 0 bridgehead atoms. The largest absolute Gasteiger partial charge is 0.272 e. The summed E-state index contributed by atoms with van der Waals surface area (Å²) in [5.74, 6) is 0.675. The fraction of sp³-hybridized carbons (Fsp3) is 0.222. The molecule has 0 fully saturated rings. The van der Waals surface area contributed by atoms with E-state index < -0.39 is 0 Å². The molecule has 2 aliphatic rings. The van der Waals surface area contributed by atoms with Gasteiger partial charge in [0.15, 0.2) is 5.84 Å². The molecule has 0 saturated heterocycles. The Balaban J connectivity index is 2.22. The van der Waals surface area contributed by atoms with Crippen molar-refractivity contribution in [3.63, 3.8) is 0 Å². The maximum Gasteiger partial charge on any atom is 0.272 e. The molecule has 1 amide bonds. The van der Waals surface area contributed by atoms with Crippen molar-refractivity contribution >= 4 is 11.7 Å². The number of hydrazine groups is 1. The van der Waals surface area contributed by atoms with E-state index in [1.807, 2.05) is 0 Å². The minimum atomic E-state index is -0.103. The first kappa shape index (κ1) is 7.49. The van der Waals surface area contributed by atoms with E-state index >= 15 is 0 Å². The van der Waals surface area contributed by atoms with Crippen LogP contribution in [0.3, 0.4) is 0 Å². The molecule has 1 aromatic rings. The Hall–Kier alpha value is -1.91. The summed E-state index contributed by atoms with van der Waals surface area (Å²) in [6, 6.07) is 3.51.